The monoisotopic (exact) mass is 221 g/mol. The quantitative estimate of drug-likeness (QED) is 0.739. The summed E-state index contributed by atoms with van der Waals surface area (Å²) in [6.45, 7) is 2.65. The van der Waals surface area contributed by atoms with Crippen LogP contribution in [0.15, 0.2) is 12.1 Å². The molecule has 1 heterocycles. The molecule has 16 heavy (non-hydrogen) atoms. The number of pyridine rings is 1. The topological polar surface area (TPSA) is 88.2 Å². The van der Waals surface area contributed by atoms with E-state index in [0.29, 0.717) is 11.8 Å². The number of amides is 2. The summed E-state index contributed by atoms with van der Waals surface area (Å²) in [7, 11) is 0. The first-order valence-electron chi connectivity index (χ1n) is 4.53. The van der Waals surface area contributed by atoms with E-state index in [0.717, 1.165) is 0 Å². The van der Waals surface area contributed by atoms with Crippen molar-refractivity contribution >= 4 is 29.7 Å². The molecule has 0 unspecified atom stereocenters. The summed E-state index contributed by atoms with van der Waals surface area (Å²) in [5, 5.41) is 4.87. The SMILES string of the molecule is CC(=O)Nc1cc(C=O)cc(NC(C)=O)n1. The lowest BCUT2D eigenvalue weighted by atomic mass is 10.2. The van der Waals surface area contributed by atoms with Crippen LogP contribution in [0.5, 0.6) is 0 Å². The van der Waals surface area contributed by atoms with Gasteiger partial charge in [0.2, 0.25) is 11.8 Å². The van der Waals surface area contributed by atoms with Crippen LogP contribution in [0, 0.1) is 0 Å². The fourth-order valence-electron chi connectivity index (χ4n) is 1.11. The number of hydrogen-bond acceptors (Lipinski definition) is 4. The molecule has 0 saturated carbocycles. The molecule has 0 aromatic carbocycles. The van der Waals surface area contributed by atoms with Gasteiger partial charge in [-0.2, -0.15) is 0 Å². The Morgan fingerprint density at radius 1 is 1.12 bits per heavy atom. The Kier molecular flexibility index (Phi) is 3.71. The van der Waals surface area contributed by atoms with Gasteiger partial charge in [-0.3, -0.25) is 14.4 Å². The third-order valence-corrected chi connectivity index (χ3v) is 1.59. The number of nitrogens with zero attached hydrogens (tertiary/aromatic N) is 1. The molecular weight excluding hydrogens is 210 g/mol. The third-order valence-electron chi connectivity index (χ3n) is 1.59. The number of carbonyl (C=O) groups is 3. The van der Waals surface area contributed by atoms with Gasteiger partial charge >= 0.3 is 0 Å². The molecule has 0 radical (unpaired) electrons. The first-order valence-corrected chi connectivity index (χ1v) is 4.53. The molecule has 1 aromatic heterocycles. The van der Waals surface area contributed by atoms with Crippen LogP contribution in [-0.2, 0) is 9.59 Å². The molecular formula is C10H11N3O3. The van der Waals surface area contributed by atoms with Gasteiger partial charge in [0.25, 0.3) is 0 Å². The van der Waals surface area contributed by atoms with Crippen molar-refractivity contribution in [2.24, 2.45) is 0 Å². The van der Waals surface area contributed by atoms with Crippen LogP contribution in [0.4, 0.5) is 11.6 Å². The second kappa shape index (κ2) is 5.01. The Balaban J connectivity index is 3.04. The van der Waals surface area contributed by atoms with Crippen molar-refractivity contribution in [2.75, 3.05) is 10.6 Å². The largest absolute Gasteiger partial charge is 0.311 e. The molecule has 2 N–H and O–H groups in total. The number of carbonyl (C=O) groups excluding carboxylic acids is 3. The molecule has 0 bridgehead atoms. The maximum absolute atomic E-state index is 10.8. The van der Waals surface area contributed by atoms with Crippen molar-refractivity contribution in [1.82, 2.24) is 4.98 Å². The number of hydrogen-bond donors (Lipinski definition) is 2. The highest BCUT2D eigenvalue weighted by Crippen LogP contribution is 2.12. The first-order chi connectivity index (χ1) is 7.51. The van der Waals surface area contributed by atoms with E-state index in [9.17, 15) is 14.4 Å². The Morgan fingerprint density at radius 2 is 1.56 bits per heavy atom. The second-order valence-corrected chi connectivity index (χ2v) is 3.15. The predicted molar refractivity (Wildman–Crippen MR) is 58.2 cm³/mol. The lowest BCUT2D eigenvalue weighted by Gasteiger charge is -2.06. The molecule has 0 aliphatic carbocycles. The van der Waals surface area contributed by atoms with Gasteiger partial charge in [0, 0.05) is 19.4 Å². The molecule has 0 saturated heterocycles. The van der Waals surface area contributed by atoms with Gasteiger partial charge in [-0.1, -0.05) is 0 Å². The number of nitrogens with one attached hydrogen (secondary N) is 2. The number of anilines is 2. The van der Waals surface area contributed by atoms with E-state index in [2.05, 4.69) is 15.6 Å². The standard InChI is InChI=1S/C10H11N3O3/c1-6(15)11-9-3-8(5-14)4-10(13-9)12-7(2)16/h3-5H,1-2H3,(H2,11,12,13,15,16). The highest BCUT2D eigenvalue weighted by Gasteiger charge is 2.04. The van der Waals surface area contributed by atoms with Crippen LogP contribution in [0.3, 0.4) is 0 Å². The molecule has 0 spiro atoms. The van der Waals surface area contributed by atoms with E-state index >= 15 is 0 Å². The summed E-state index contributed by atoms with van der Waals surface area (Å²) in [5.74, 6) is -0.157. The van der Waals surface area contributed by atoms with Gasteiger partial charge in [-0.15, -0.1) is 0 Å². The molecule has 2 amide bonds. The molecule has 6 heteroatoms. The lowest BCUT2D eigenvalue weighted by Crippen LogP contribution is -2.12. The summed E-state index contributed by atoms with van der Waals surface area (Å²) in [5.41, 5.74) is 0.322. The van der Waals surface area contributed by atoms with Crippen LogP contribution in [0.25, 0.3) is 0 Å². The second-order valence-electron chi connectivity index (χ2n) is 3.15. The molecule has 0 aliphatic rings. The minimum absolute atomic E-state index is 0.223. The number of aldehydes is 1. The van der Waals surface area contributed by atoms with E-state index in [1.807, 2.05) is 0 Å². The Hall–Kier alpha value is -2.24. The van der Waals surface area contributed by atoms with E-state index in [4.69, 9.17) is 0 Å². The zero-order valence-corrected chi connectivity index (χ0v) is 8.90. The molecule has 1 rings (SSSR count). The van der Waals surface area contributed by atoms with Gasteiger partial charge in [0.05, 0.1) is 0 Å². The van der Waals surface area contributed by atoms with Gasteiger partial charge in [0.15, 0.2) is 0 Å². The number of rotatable bonds is 3. The Morgan fingerprint density at radius 3 is 1.88 bits per heavy atom. The van der Waals surface area contributed by atoms with Crippen LogP contribution in [-0.4, -0.2) is 23.1 Å². The van der Waals surface area contributed by atoms with Crippen molar-refractivity contribution < 1.29 is 14.4 Å². The summed E-state index contributed by atoms with van der Waals surface area (Å²) < 4.78 is 0. The van der Waals surface area contributed by atoms with Crippen LogP contribution in [0.2, 0.25) is 0 Å². The maximum atomic E-state index is 10.8. The predicted octanol–water partition coefficient (Wildman–Crippen LogP) is 0.811. The smallest absolute Gasteiger partial charge is 0.222 e. The number of aromatic nitrogens is 1. The maximum Gasteiger partial charge on any atom is 0.222 e. The van der Waals surface area contributed by atoms with E-state index in [-0.39, 0.29) is 23.5 Å². The summed E-state index contributed by atoms with van der Waals surface area (Å²) in [6, 6.07) is 2.83. The average molecular weight is 221 g/mol. The molecule has 0 aliphatic heterocycles. The van der Waals surface area contributed by atoms with Gasteiger partial charge < -0.3 is 10.6 Å². The lowest BCUT2D eigenvalue weighted by molar-refractivity contribution is -0.115. The summed E-state index contributed by atoms with van der Waals surface area (Å²) in [4.78, 5) is 36.2. The van der Waals surface area contributed by atoms with Crippen LogP contribution >= 0.6 is 0 Å². The van der Waals surface area contributed by atoms with Crippen LogP contribution < -0.4 is 10.6 Å². The van der Waals surface area contributed by atoms with E-state index in [1.165, 1.54) is 26.0 Å². The fraction of sp³-hybridized carbons (Fsp3) is 0.200. The highest BCUT2D eigenvalue weighted by molar-refractivity contribution is 5.92. The van der Waals surface area contributed by atoms with Gasteiger partial charge in [-0.05, 0) is 12.1 Å². The third kappa shape index (κ3) is 3.49. The minimum Gasteiger partial charge on any atom is -0.311 e. The summed E-state index contributed by atoms with van der Waals surface area (Å²) >= 11 is 0. The van der Waals surface area contributed by atoms with Crippen molar-refractivity contribution in [1.29, 1.82) is 0 Å². The molecule has 6 nitrogen and oxygen atoms in total. The van der Waals surface area contributed by atoms with Crippen molar-refractivity contribution in [3.8, 4) is 0 Å². The molecule has 0 atom stereocenters. The molecule has 84 valence electrons. The average Bonchev–Trinajstić information content (AvgIpc) is 2.14. The van der Waals surface area contributed by atoms with Gasteiger partial charge in [0.1, 0.15) is 17.9 Å². The fourth-order valence-corrected chi connectivity index (χ4v) is 1.11. The zero-order chi connectivity index (χ0) is 12.1. The normalized spacial score (nSPS) is 9.38. The highest BCUT2D eigenvalue weighted by atomic mass is 16.2. The van der Waals surface area contributed by atoms with E-state index < -0.39 is 0 Å². The van der Waals surface area contributed by atoms with E-state index in [1.54, 1.807) is 0 Å². The Labute approximate surface area is 92.1 Å². The Bertz CT molecular complexity index is 409. The molecule has 0 fully saturated rings. The van der Waals surface area contributed by atoms with Gasteiger partial charge in [-0.25, -0.2) is 4.98 Å². The summed E-state index contributed by atoms with van der Waals surface area (Å²) in [6.07, 6.45) is 0.609. The van der Waals surface area contributed by atoms with Crippen molar-refractivity contribution in [3.63, 3.8) is 0 Å². The molecule has 1 aromatic rings. The first kappa shape index (κ1) is 11.8. The zero-order valence-electron chi connectivity index (χ0n) is 8.90. The minimum atomic E-state index is -0.302. The van der Waals surface area contributed by atoms with Crippen LogP contribution in [0.1, 0.15) is 24.2 Å². The van der Waals surface area contributed by atoms with Crippen molar-refractivity contribution in [2.45, 2.75) is 13.8 Å². The van der Waals surface area contributed by atoms with Crippen molar-refractivity contribution in [3.05, 3.63) is 17.7 Å².